The topological polar surface area (TPSA) is 52.5 Å². The van der Waals surface area contributed by atoms with E-state index in [9.17, 15) is 0 Å². The maximum absolute atomic E-state index is 7.03. The van der Waals surface area contributed by atoms with E-state index in [1.807, 2.05) is 0 Å². The molecule has 0 aliphatic heterocycles. The normalized spacial score (nSPS) is 10.5. The molecule has 0 saturated heterocycles. The number of aromatic amines is 1. The van der Waals surface area contributed by atoms with Gasteiger partial charge < -0.3 is 10.4 Å². The molecule has 1 rings (SSSR count). The van der Waals surface area contributed by atoms with Gasteiger partial charge in [-0.05, 0) is 12.2 Å². The Kier molecular flexibility index (Phi) is 2.35. The molecular weight excluding hydrogens is 145 g/mol. The Labute approximate surface area is 61.3 Å². The van der Waals surface area contributed by atoms with Gasteiger partial charge in [0.2, 0.25) is 0 Å². The molecule has 0 aliphatic rings. The van der Waals surface area contributed by atoms with Crippen molar-refractivity contribution in [1.29, 1.82) is 5.41 Å². The number of allylic oxidation sites excluding steroid dienone is 1. The van der Waals surface area contributed by atoms with Crippen molar-refractivity contribution in [3.63, 3.8) is 0 Å². The third-order valence-corrected chi connectivity index (χ3v) is 1.13. The summed E-state index contributed by atoms with van der Waals surface area (Å²) in [5.41, 5.74) is 0.441. The van der Waals surface area contributed by atoms with E-state index in [4.69, 9.17) is 5.41 Å². The molecule has 0 fully saturated rings. The lowest BCUT2D eigenvalue weighted by Gasteiger charge is -1.81. The molecule has 3 nitrogen and oxygen atoms in total. The van der Waals surface area contributed by atoms with Gasteiger partial charge in [0.1, 0.15) is 5.82 Å². The molecule has 4 heteroatoms. The molecule has 1 unspecified atom stereocenters. The molecule has 0 spiro atoms. The van der Waals surface area contributed by atoms with E-state index in [-0.39, 0.29) is 0 Å². The highest BCUT2D eigenvalue weighted by Crippen LogP contribution is 1.94. The van der Waals surface area contributed by atoms with E-state index < -0.39 is 0 Å². The van der Waals surface area contributed by atoms with E-state index in [2.05, 4.69) is 19.2 Å². The zero-order valence-electron chi connectivity index (χ0n) is 5.33. The number of rotatable bonds is 2. The smallest absolute Gasteiger partial charge is 0.130 e. The first kappa shape index (κ1) is 7.16. The summed E-state index contributed by atoms with van der Waals surface area (Å²) in [6.45, 7) is 0. The molecule has 1 heterocycles. The SMILES string of the molecule is N=C(P)/C=C\c1ncc[nH]1. The Balaban J connectivity index is 2.64. The quantitative estimate of drug-likeness (QED) is 0.488. The summed E-state index contributed by atoms with van der Waals surface area (Å²) in [6.07, 6.45) is 6.82. The van der Waals surface area contributed by atoms with Crippen molar-refractivity contribution in [2.24, 2.45) is 0 Å². The highest BCUT2D eigenvalue weighted by Gasteiger charge is 1.84. The van der Waals surface area contributed by atoms with Gasteiger partial charge in [0.25, 0.3) is 0 Å². The van der Waals surface area contributed by atoms with Crippen molar-refractivity contribution < 1.29 is 0 Å². The third kappa shape index (κ3) is 2.11. The predicted molar refractivity (Wildman–Crippen MR) is 45.1 cm³/mol. The van der Waals surface area contributed by atoms with E-state index in [0.29, 0.717) is 5.45 Å². The fraction of sp³-hybridized carbons (Fsp3) is 0. The molecule has 1 atom stereocenters. The maximum Gasteiger partial charge on any atom is 0.130 e. The predicted octanol–water partition coefficient (Wildman–Crippen LogP) is 1.28. The number of hydrogen-bond acceptors (Lipinski definition) is 2. The lowest BCUT2D eigenvalue weighted by Crippen LogP contribution is -1.75. The molecule has 1 aromatic rings. The Hall–Kier alpha value is -0.950. The van der Waals surface area contributed by atoms with Crippen LogP contribution in [0.1, 0.15) is 5.82 Å². The molecule has 10 heavy (non-hydrogen) atoms. The van der Waals surface area contributed by atoms with Gasteiger partial charge in [-0.15, -0.1) is 0 Å². The van der Waals surface area contributed by atoms with Crippen molar-refractivity contribution in [1.82, 2.24) is 9.97 Å². The molecule has 0 aromatic carbocycles. The summed E-state index contributed by atoms with van der Waals surface area (Å²) in [7, 11) is 2.28. The van der Waals surface area contributed by atoms with Crippen LogP contribution in [0.5, 0.6) is 0 Å². The maximum atomic E-state index is 7.03. The largest absolute Gasteiger partial charge is 0.345 e. The van der Waals surface area contributed by atoms with Crippen molar-refractivity contribution >= 4 is 20.8 Å². The van der Waals surface area contributed by atoms with Gasteiger partial charge in [0.15, 0.2) is 0 Å². The van der Waals surface area contributed by atoms with Gasteiger partial charge in [-0.25, -0.2) is 4.98 Å². The van der Waals surface area contributed by atoms with Crippen LogP contribution in [0.2, 0.25) is 0 Å². The van der Waals surface area contributed by atoms with Crippen LogP contribution < -0.4 is 0 Å². The summed E-state index contributed by atoms with van der Waals surface area (Å²) in [6, 6.07) is 0. The lowest BCUT2D eigenvalue weighted by atomic mass is 10.5. The molecule has 0 saturated carbocycles. The lowest BCUT2D eigenvalue weighted by molar-refractivity contribution is 1.27. The Morgan fingerprint density at radius 2 is 2.60 bits per heavy atom. The first-order chi connectivity index (χ1) is 4.79. The average molecular weight is 153 g/mol. The van der Waals surface area contributed by atoms with Crippen LogP contribution in [-0.4, -0.2) is 15.4 Å². The minimum Gasteiger partial charge on any atom is -0.345 e. The Morgan fingerprint density at radius 3 is 3.10 bits per heavy atom. The summed E-state index contributed by atoms with van der Waals surface area (Å²) >= 11 is 0. The summed E-state index contributed by atoms with van der Waals surface area (Å²) < 4.78 is 0. The van der Waals surface area contributed by atoms with Gasteiger partial charge in [-0.3, -0.25) is 0 Å². The number of hydrogen-bond donors (Lipinski definition) is 2. The van der Waals surface area contributed by atoms with E-state index >= 15 is 0 Å². The second kappa shape index (κ2) is 3.28. The van der Waals surface area contributed by atoms with E-state index in [1.165, 1.54) is 0 Å². The van der Waals surface area contributed by atoms with Crippen LogP contribution in [0.15, 0.2) is 18.5 Å². The zero-order chi connectivity index (χ0) is 7.40. The van der Waals surface area contributed by atoms with Crippen LogP contribution in [0, 0.1) is 5.41 Å². The second-order valence-electron chi connectivity index (χ2n) is 1.76. The molecule has 0 radical (unpaired) electrons. The van der Waals surface area contributed by atoms with Gasteiger partial charge in [0, 0.05) is 17.8 Å². The van der Waals surface area contributed by atoms with E-state index in [0.717, 1.165) is 5.82 Å². The molecule has 0 amide bonds. The molecule has 52 valence electrons. The first-order valence-corrected chi connectivity index (χ1v) is 3.38. The summed E-state index contributed by atoms with van der Waals surface area (Å²) in [5.74, 6) is 0.771. The number of imidazole rings is 1. The third-order valence-electron chi connectivity index (χ3n) is 0.940. The standard InChI is InChI=1S/C6H8N3P/c7-5(10)1-2-6-8-3-4-9-6/h1-4,7H,10H2,(H,8,9)/b2-1-,7-5?. The van der Waals surface area contributed by atoms with Crippen LogP contribution in [0.4, 0.5) is 0 Å². The van der Waals surface area contributed by atoms with Crippen molar-refractivity contribution in [2.75, 3.05) is 0 Å². The van der Waals surface area contributed by atoms with E-state index in [1.54, 1.807) is 24.5 Å². The summed E-state index contributed by atoms with van der Waals surface area (Å²) in [4.78, 5) is 6.83. The first-order valence-electron chi connectivity index (χ1n) is 2.80. The minimum atomic E-state index is 0.441. The fourth-order valence-corrected chi connectivity index (χ4v) is 0.634. The van der Waals surface area contributed by atoms with Gasteiger partial charge in [-0.1, -0.05) is 9.24 Å². The zero-order valence-corrected chi connectivity index (χ0v) is 6.49. The van der Waals surface area contributed by atoms with Gasteiger partial charge in [0.05, 0.1) is 0 Å². The molecular formula is C6H8N3P. The number of H-pyrrole nitrogens is 1. The Bertz CT molecular complexity index is 238. The number of nitrogens with zero attached hydrogens (tertiary/aromatic N) is 1. The average Bonchev–Trinajstić information content (AvgIpc) is 2.34. The van der Waals surface area contributed by atoms with Crippen molar-refractivity contribution in [3.05, 3.63) is 24.3 Å². The molecule has 1 aromatic heterocycles. The number of nitrogens with one attached hydrogen (secondary N) is 2. The summed E-state index contributed by atoms with van der Waals surface area (Å²) in [5, 5.41) is 7.03. The molecule has 0 aliphatic carbocycles. The highest BCUT2D eigenvalue weighted by molar-refractivity contribution is 7.41. The molecule has 2 N–H and O–H groups in total. The van der Waals surface area contributed by atoms with Crippen LogP contribution in [0.25, 0.3) is 6.08 Å². The highest BCUT2D eigenvalue weighted by atomic mass is 31.0. The van der Waals surface area contributed by atoms with Gasteiger partial charge >= 0.3 is 0 Å². The van der Waals surface area contributed by atoms with Crippen LogP contribution in [0.3, 0.4) is 0 Å². The van der Waals surface area contributed by atoms with Crippen molar-refractivity contribution in [3.8, 4) is 0 Å². The minimum absolute atomic E-state index is 0.441. The van der Waals surface area contributed by atoms with Gasteiger partial charge in [-0.2, -0.15) is 0 Å². The van der Waals surface area contributed by atoms with Crippen molar-refractivity contribution in [2.45, 2.75) is 0 Å². The van der Waals surface area contributed by atoms with Crippen LogP contribution in [-0.2, 0) is 0 Å². The monoisotopic (exact) mass is 153 g/mol. The Morgan fingerprint density at radius 1 is 1.80 bits per heavy atom. The second-order valence-corrected chi connectivity index (χ2v) is 2.39. The molecule has 0 bridgehead atoms. The number of aromatic nitrogens is 2. The fourth-order valence-electron chi connectivity index (χ4n) is 0.537. The van der Waals surface area contributed by atoms with Crippen LogP contribution >= 0.6 is 9.24 Å².